The maximum atomic E-state index is 12.5. The molecule has 2 heterocycles. The van der Waals surface area contributed by atoms with E-state index in [1.54, 1.807) is 44.0 Å². The van der Waals surface area contributed by atoms with Gasteiger partial charge in [0.2, 0.25) is 5.91 Å². The minimum atomic E-state index is -0.595. The number of aromatic nitrogens is 1. The second-order valence-electron chi connectivity index (χ2n) is 6.27. The van der Waals surface area contributed by atoms with Gasteiger partial charge in [-0.3, -0.25) is 4.79 Å². The molecule has 0 radical (unpaired) electrons. The second-order valence-corrected chi connectivity index (χ2v) is 6.27. The molecule has 1 aromatic rings. The molecule has 1 atom stereocenters. The quantitative estimate of drug-likeness (QED) is 0.866. The van der Waals surface area contributed by atoms with Crippen LogP contribution < -0.4 is 16.0 Å². The summed E-state index contributed by atoms with van der Waals surface area (Å²) < 4.78 is 5.20. The van der Waals surface area contributed by atoms with Crippen LogP contribution in [0.15, 0.2) is 18.3 Å². The molecule has 1 aliphatic rings. The van der Waals surface area contributed by atoms with E-state index in [2.05, 4.69) is 10.3 Å². The van der Waals surface area contributed by atoms with Crippen LogP contribution in [0, 0.1) is 0 Å². The number of nitrogen functional groups attached to an aromatic ring is 1. The number of nitrogens with two attached hydrogens (primary N) is 1. The molecule has 1 fully saturated rings. The minimum absolute atomic E-state index is 0.163. The molecule has 1 unspecified atom stereocenters. The van der Waals surface area contributed by atoms with Crippen molar-refractivity contribution in [1.82, 2.24) is 10.3 Å². The lowest BCUT2D eigenvalue weighted by atomic mass is 10.0. The molecular weight excluding hydrogens is 284 g/mol. The number of hydrogen-bond donors (Lipinski definition) is 2. The van der Waals surface area contributed by atoms with Crippen LogP contribution in [0.5, 0.6) is 0 Å². The Kier molecular flexibility index (Phi) is 4.54. The zero-order valence-corrected chi connectivity index (χ0v) is 13.1. The zero-order valence-electron chi connectivity index (χ0n) is 13.1. The van der Waals surface area contributed by atoms with E-state index >= 15 is 0 Å². The summed E-state index contributed by atoms with van der Waals surface area (Å²) >= 11 is 0. The van der Waals surface area contributed by atoms with Crippen LogP contribution in [-0.4, -0.2) is 35.2 Å². The maximum Gasteiger partial charge on any atom is 0.408 e. The van der Waals surface area contributed by atoms with Gasteiger partial charge in [0, 0.05) is 6.54 Å². The van der Waals surface area contributed by atoms with Crippen LogP contribution in [0.25, 0.3) is 0 Å². The summed E-state index contributed by atoms with van der Waals surface area (Å²) in [5, 5.41) is 2.64. The summed E-state index contributed by atoms with van der Waals surface area (Å²) in [5.74, 6) is 0.236. The topological polar surface area (TPSA) is 97.6 Å². The molecule has 0 bridgehead atoms. The molecule has 0 aliphatic carbocycles. The van der Waals surface area contributed by atoms with Crippen molar-refractivity contribution in [3.63, 3.8) is 0 Å². The number of nitrogens with zero attached hydrogens (tertiary/aromatic N) is 2. The van der Waals surface area contributed by atoms with Gasteiger partial charge in [-0.25, -0.2) is 9.78 Å². The summed E-state index contributed by atoms with van der Waals surface area (Å²) in [6.07, 6.45) is 2.36. The van der Waals surface area contributed by atoms with Crippen molar-refractivity contribution < 1.29 is 14.3 Å². The SMILES string of the molecule is CC(C)(C)OC(=O)NC1CCCN(c2ccc(N)nc2)C1=O. The fraction of sp³-hybridized carbons (Fsp3) is 0.533. The lowest BCUT2D eigenvalue weighted by Crippen LogP contribution is -2.53. The van der Waals surface area contributed by atoms with E-state index in [9.17, 15) is 9.59 Å². The summed E-state index contributed by atoms with van der Waals surface area (Å²) in [6, 6.07) is 2.81. The summed E-state index contributed by atoms with van der Waals surface area (Å²) in [7, 11) is 0. The van der Waals surface area contributed by atoms with Gasteiger partial charge >= 0.3 is 6.09 Å². The van der Waals surface area contributed by atoms with Gasteiger partial charge in [-0.05, 0) is 45.7 Å². The first kappa shape index (κ1) is 16.1. The highest BCUT2D eigenvalue weighted by atomic mass is 16.6. The average Bonchev–Trinajstić information content (AvgIpc) is 2.40. The number of alkyl carbamates (subject to hydrolysis) is 1. The Hall–Kier alpha value is -2.31. The third-order valence-corrected chi connectivity index (χ3v) is 3.21. The number of pyridine rings is 1. The fourth-order valence-corrected chi connectivity index (χ4v) is 2.27. The monoisotopic (exact) mass is 306 g/mol. The van der Waals surface area contributed by atoms with Gasteiger partial charge in [0.1, 0.15) is 17.5 Å². The number of piperidine rings is 1. The third-order valence-electron chi connectivity index (χ3n) is 3.21. The zero-order chi connectivity index (χ0) is 16.3. The number of anilines is 2. The molecule has 120 valence electrons. The highest BCUT2D eigenvalue weighted by Gasteiger charge is 2.32. The molecule has 2 amide bonds. The Morgan fingerprint density at radius 3 is 2.77 bits per heavy atom. The Labute approximate surface area is 129 Å². The molecule has 0 spiro atoms. The van der Waals surface area contributed by atoms with Crippen molar-refractivity contribution in [2.45, 2.75) is 45.3 Å². The van der Waals surface area contributed by atoms with E-state index < -0.39 is 17.7 Å². The fourth-order valence-electron chi connectivity index (χ4n) is 2.27. The predicted octanol–water partition coefficient (Wildman–Crippen LogP) is 1.68. The van der Waals surface area contributed by atoms with Crippen LogP contribution in [0.1, 0.15) is 33.6 Å². The van der Waals surface area contributed by atoms with E-state index in [1.165, 1.54) is 0 Å². The van der Waals surface area contributed by atoms with Crippen molar-refractivity contribution in [3.05, 3.63) is 18.3 Å². The lowest BCUT2D eigenvalue weighted by Gasteiger charge is -2.32. The number of ether oxygens (including phenoxy) is 1. The van der Waals surface area contributed by atoms with Gasteiger partial charge in [0.05, 0.1) is 11.9 Å². The van der Waals surface area contributed by atoms with Gasteiger partial charge in [0.25, 0.3) is 0 Å². The smallest absolute Gasteiger partial charge is 0.408 e. The molecule has 0 saturated carbocycles. The number of carbonyl (C=O) groups excluding carboxylic acids is 2. The van der Waals surface area contributed by atoms with Gasteiger partial charge in [-0.15, -0.1) is 0 Å². The van der Waals surface area contributed by atoms with E-state index in [-0.39, 0.29) is 5.91 Å². The third kappa shape index (κ3) is 4.09. The Morgan fingerprint density at radius 2 is 2.18 bits per heavy atom. The van der Waals surface area contributed by atoms with Crippen molar-refractivity contribution in [2.75, 3.05) is 17.2 Å². The Balaban J connectivity index is 2.04. The largest absolute Gasteiger partial charge is 0.444 e. The molecule has 1 saturated heterocycles. The van der Waals surface area contributed by atoms with E-state index in [4.69, 9.17) is 10.5 Å². The van der Waals surface area contributed by atoms with Gasteiger partial charge in [-0.2, -0.15) is 0 Å². The van der Waals surface area contributed by atoms with Crippen LogP contribution in [0.3, 0.4) is 0 Å². The molecule has 0 aromatic carbocycles. The molecule has 1 aliphatic heterocycles. The molecule has 1 aromatic heterocycles. The van der Waals surface area contributed by atoms with Crippen LogP contribution in [0.4, 0.5) is 16.3 Å². The Morgan fingerprint density at radius 1 is 1.45 bits per heavy atom. The molecular formula is C15H22N4O3. The summed E-state index contributed by atoms with van der Waals surface area (Å²) in [4.78, 5) is 29.9. The minimum Gasteiger partial charge on any atom is -0.444 e. The maximum absolute atomic E-state index is 12.5. The Bertz CT molecular complexity index is 551. The molecule has 3 N–H and O–H groups in total. The van der Waals surface area contributed by atoms with Crippen molar-refractivity contribution >= 4 is 23.5 Å². The van der Waals surface area contributed by atoms with E-state index in [0.29, 0.717) is 24.5 Å². The first-order valence-corrected chi connectivity index (χ1v) is 7.29. The van der Waals surface area contributed by atoms with Crippen molar-refractivity contribution in [2.24, 2.45) is 0 Å². The van der Waals surface area contributed by atoms with Gasteiger partial charge < -0.3 is 20.7 Å². The van der Waals surface area contributed by atoms with Crippen LogP contribution in [-0.2, 0) is 9.53 Å². The molecule has 2 rings (SSSR count). The highest BCUT2D eigenvalue weighted by molar-refractivity contribution is 5.99. The average molecular weight is 306 g/mol. The highest BCUT2D eigenvalue weighted by Crippen LogP contribution is 2.21. The first-order chi connectivity index (χ1) is 10.3. The standard InChI is InChI=1S/C15H22N4O3/c1-15(2,3)22-14(21)18-11-5-4-8-19(13(11)20)10-6-7-12(16)17-9-10/h6-7,9,11H,4-5,8H2,1-3H3,(H2,16,17)(H,18,21). The second kappa shape index (κ2) is 6.21. The number of hydrogen-bond acceptors (Lipinski definition) is 5. The lowest BCUT2D eigenvalue weighted by molar-refractivity contribution is -0.121. The predicted molar refractivity (Wildman–Crippen MR) is 83.4 cm³/mol. The van der Waals surface area contributed by atoms with Gasteiger partial charge in [0.15, 0.2) is 0 Å². The molecule has 7 heteroatoms. The summed E-state index contributed by atoms with van der Waals surface area (Å²) in [6.45, 7) is 5.93. The first-order valence-electron chi connectivity index (χ1n) is 7.29. The number of carbonyl (C=O) groups is 2. The molecule has 7 nitrogen and oxygen atoms in total. The number of rotatable bonds is 2. The van der Waals surface area contributed by atoms with Crippen molar-refractivity contribution in [1.29, 1.82) is 0 Å². The molecule has 22 heavy (non-hydrogen) atoms. The van der Waals surface area contributed by atoms with E-state index in [0.717, 1.165) is 6.42 Å². The van der Waals surface area contributed by atoms with E-state index in [1.807, 2.05) is 0 Å². The number of nitrogens with one attached hydrogen (secondary N) is 1. The normalized spacial score (nSPS) is 19.0. The van der Waals surface area contributed by atoms with Crippen molar-refractivity contribution in [3.8, 4) is 0 Å². The summed E-state index contributed by atoms with van der Waals surface area (Å²) in [5.41, 5.74) is 5.64. The van der Waals surface area contributed by atoms with Crippen LogP contribution >= 0.6 is 0 Å². The van der Waals surface area contributed by atoms with Gasteiger partial charge in [-0.1, -0.05) is 0 Å². The number of amides is 2. The van der Waals surface area contributed by atoms with Crippen LogP contribution in [0.2, 0.25) is 0 Å².